The molecule has 0 aliphatic carbocycles. The molecule has 2 unspecified atom stereocenters. The van der Waals surface area contributed by atoms with Crippen molar-refractivity contribution in [1.29, 1.82) is 0 Å². The Morgan fingerprint density at radius 3 is 2.50 bits per heavy atom. The third-order valence-electron chi connectivity index (χ3n) is 6.61. The zero-order valence-electron chi connectivity index (χ0n) is 21.2. The summed E-state index contributed by atoms with van der Waals surface area (Å²) in [6.45, 7) is 1.70. The van der Waals surface area contributed by atoms with Crippen LogP contribution >= 0.6 is 11.6 Å². The highest BCUT2D eigenvalue weighted by atomic mass is 35.5. The van der Waals surface area contributed by atoms with Gasteiger partial charge in [0.2, 0.25) is 11.9 Å². The first-order valence-corrected chi connectivity index (χ1v) is 12.4. The molecule has 1 aliphatic rings. The first-order valence-electron chi connectivity index (χ1n) is 12.0. The number of hydrogen-bond donors (Lipinski definition) is 1. The van der Waals surface area contributed by atoms with Gasteiger partial charge in [0.15, 0.2) is 0 Å². The predicted molar refractivity (Wildman–Crippen MR) is 139 cm³/mol. The number of benzene rings is 1. The van der Waals surface area contributed by atoms with Crippen molar-refractivity contribution in [3.8, 4) is 17.0 Å². The van der Waals surface area contributed by atoms with Crippen molar-refractivity contribution in [3.63, 3.8) is 0 Å². The van der Waals surface area contributed by atoms with Crippen LogP contribution in [0, 0.1) is 5.95 Å². The number of rotatable bonds is 7. The maximum Gasteiger partial charge on any atom is 0.269 e. The standard InChI is InChI=1S/C27H28ClF2N5O3/c1-16(36)35-14-19(12-29)34(13-17-4-6-20(38-3)7-5-17)15-23(35)21-8-9-24(28)33-26(21)18-10-22(27(37)31-2)32-25(30)11-18/h4-11,19,23H,12-15H2,1-3H3,(H,31,37). The van der Waals surface area contributed by atoms with Gasteiger partial charge in [-0.15, -0.1) is 0 Å². The summed E-state index contributed by atoms with van der Waals surface area (Å²) < 4.78 is 33.9. The van der Waals surface area contributed by atoms with Crippen LogP contribution in [0.2, 0.25) is 5.15 Å². The summed E-state index contributed by atoms with van der Waals surface area (Å²) in [5.74, 6) is -0.939. The Morgan fingerprint density at radius 1 is 1.13 bits per heavy atom. The van der Waals surface area contributed by atoms with Gasteiger partial charge >= 0.3 is 0 Å². The molecule has 3 heterocycles. The fraction of sp³-hybridized carbons (Fsp3) is 0.333. The summed E-state index contributed by atoms with van der Waals surface area (Å²) in [5.41, 5.74) is 2.02. The highest BCUT2D eigenvalue weighted by molar-refractivity contribution is 6.29. The number of pyridine rings is 2. The van der Waals surface area contributed by atoms with E-state index in [0.29, 0.717) is 30.1 Å². The number of hydrogen-bond acceptors (Lipinski definition) is 6. The Hall–Kier alpha value is -3.63. The van der Waals surface area contributed by atoms with Crippen LogP contribution < -0.4 is 10.1 Å². The number of aromatic nitrogens is 2. The molecule has 3 aromatic rings. The van der Waals surface area contributed by atoms with Gasteiger partial charge in [-0.25, -0.2) is 14.4 Å². The smallest absolute Gasteiger partial charge is 0.269 e. The van der Waals surface area contributed by atoms with Crippen molar-refractivity contribution in [3.05, 3.63) is 76.5 Å². The van der Waals surface area contributed by atoms with E-state index in [2.05, 4.69) is 15.3 Å². The Morgan fingerprint density at radius 2 is 1.87 bits per heavy atom. The predicted octanol–water partition coefficient (Wildman–Crippen LogP) is 4.05. The summed E-state index contributed by atoms with van der Waals surface area (Å²) in [6.07, 6.45) is 0. The van der Waals surface area contributed by atoms with Crippen molar-refractivity contribution in [2.24, 2.45) is 0 Å². The van der Waals surface area contributed by atoms with Gasteiger partial charge in [-0.05, 0) is 29.8 Å². The van der Waals surface area contributed by atoms with E-state index in [9.17, 15) is 18.4 Å². The van der Waals surface area contributed by atoms with E-state index in [1.54, 1.807) is 24.1 Å². The van der Waals surface area contributed by atoms with Crippen molar-refractivity contribution >= 4 is 23.4 Å². The Bertz CT molecular complexity index is 1320. The van der Waals surface area contributed by atoms with E-state index >= 15 is 0 Å². The molecule has 0 spiro atoms. The summed E-state index contributed by atoms with van der Waals surface area (Å²) in [7, 11) is 3.01. The third-order valence-corrected chi connectivity index (χ3v) is 6.82. The normalized spacial score (nSPS) is 17.8. The fourth-order valence-electron chi connectivity index (χ4n) is 4.68. The minimum absolute atomic E-state index is 0.124. The number of nitrogens with zero attached hydrogens (tertiary/aromatic N) is 4. The number of carbonyl (C=O) groups is 2. The highest BCUT2D eigenvalue weighted by Gasteiger charge is 2.37. The van der Waals surface area contributed by atoms with Gasteiger partial charge < -0.3 is 15.0 Å². The van der Waals surface area contributed by atoms with Crippen LogP contribution in [0.1, 0.15) is 34.6 Å². The molecule has 2 amide bonds. The van der Waals surface area contributed by atoms with Crippen LogP contribution in [0.25, 0.3) is 11.3 Å². The van der Waals surface area contributed by atoms with Gasteiger partial charge in [0.05, 0.1) is 24.9 Å². The number of nitrogens with one attached hydrogen (secondary N) is 1. The van der Waals surface area contributed by atoms with Crippen LogP contribution in [0.4, 0.5) is 8.78 Å². The summed E-state index contributed by atoms with van der Waals surface area (Å²) >= 11 is 6.23. The molecule has 1 aliphatic heterocycles. The molecule has 38 heavy (non-hydrogen) atoms. The summed E-state index contributed by atoms with van der Waals surface area (Å²) in [5, 5.41) is 2.59. The molecule has 2 aromatic heterocycles. The molecular formula is C27H28ClF2N5O3. The molecule has 0 radical (unpaired) electrons. The monoisotopic (exact) mass is 543 g/mol. The lowest BCUT2D eigenvalue weighted by Gasteiger charge is -2.46. The van der Waals surface area contributed by atoms with Crippen molar-refractivity contribution < 1.29 is 23.1 Å². The molecule has 200 valence electrons. The average Bonchev–Trinajstić information content (AvgIpc) is 2.92. The molecule has 1 fully saturated rings. The molecule has 0 saturated carbocycles. The summed E-state index contributed by atoms with van der Waals surface area (Å²) in [4.78, 5) is 36.6. The Balaban J connectivity index is 1.76. The highest BCUT2D eigenvalue weighted by Crippen LogP contribution is 2.36. The average molecular weight is 544 g/mol. The molecule has 8 nitrogen and oxygen atoms in total. The molecule has 11 heteroatoms. The van der Waals surface area contributed by atoms with Crippen LogP contribution in [0.15, 0.2) is 48.5 Å². The maximum atomic E-state index is 14.5. The maximum absolute atomic E-state index is 14.5. The quantitative estimate of drug-likeness (QED) is 0.452. The number of piperazine rings is 1. The Kier molecular flexibility index (Phi) is 8.53. The molecule has 2 atom stereocenters. The minimum Gasteiger partial charge on any atom is -0.497 e. The largest absolute Gasteiger partial charge is 0.497 e. The van der Waals surface area contributed by atoms with Gasteiger partial charge in [0.25, 0.3) is 5.91 Å². The second-order valence-corrected chi connectivity index (χ2v) is 9.37. The van der Waals surface area contributed by atoms with E-state index < -0.39 is 30.6 Å². The van der Waals surface area contributed by atoms with Gasteiger partial charge in [-0.1, -0.05) is 29.8 Å². The molecule has 1 saturated heterocycles. The summed E-state index contributed by atoms with van der Waals surface area (Å²) in [6, 6.07) is 12.4. The number of alkyl halides is 1. The molecule has 1 N–H and O–H groups in total. The molecule has 0 bridgehead atoms. The molecule has 4 rings (SSSR count). The lowest BCUT2D eigenvalue weighted by molar-refractivity contribution is -0.136. The van der Waals surface area contributed by atoms with Crippen molar-refractivity contribution in [2.45, 2.75) is 25.6 Å². The zero-order chi connectivity index (χ0) is 27.4. The lowest BCUT2D eigenvalue weighted by atomic mass is 9.94. The number of methoxy groups -OCH3 is 1. The second-order valence-electron chi connectivity index (χ2n) is 8.99. The first-order chi connectivity index (χ1) is 18.2. The van der Waals surface area contributed by atoms with E-state index in [4.69, 9.17) is 16.3 Å². The first kappa shape index (κ1) is 27.4. The number of halogens is 3. The van der Waals surface area contributed by atoms with Crippen LogP contribution in [0.5, 0.6) is 5.75 Å². The van der Waals surface area contributed by atoms with Gasteiger partial charge in [0, 0.05) is 50.8 Å². The van der Waals surface area contributed by atoms with Crippen molar-refractivity contribution in [2.75, 3.05) is 33.9 Å². The van der Waals surface area contributed by atoms with Gasteiger partial charge in [0.1, 0.15) is 23.3 Å². The minimum atomic E-state index is -0.862. The number of ether oxygens (including phenoxy) is 1. The van der Waals surface area contributed by atoms with Gasteiger partial charge in [-0.2, -0.15) is 4.39 Å². The topological polar surface area (TPSA) is 87.7 Å². The van der Waals surface area contributed by atoms with Crippen LogP contribution in [0.3, 0.4) is 0 Å². The van der Waals surface area contributed by atoms with Gasteiger partial charge in [-0.3, -0.25) is 14.5 Å². The molecule has 1 aromatic carbocycles. The Labute approximate surface area is 224 Å². The number of amides is 2. The van der Waals surface area contributed by atoms with E-state index in [-0.39, 0.29) is 28.9 Å². The van der Waals surface area contributed by atoms with Crippen LogP contribution in [-0.2, 0) is 11.3 Å². The third kappa shape index (κ3) is 5.92. The lowest BCUT2D eigenvalue weighted by Crippen LogP contribution is -2.56. The van der Waals surface area contributed by atoms with E-state index in [0.717, 1.165) is 11.6 Å². The van der Waals surface area contributed by atoms with E-state index in [1.807, 2.05) is 29.2 Å². The van der Waals surface area contributed by atoms with Crippen molar-refractivity contribution in [1.82, 2.24) is 25.1 Å². The number of carbonyl (C=O) groups excluding carboxylic acids is 2. The van der Waals surface area contributed by atoms with E-state index in [1.165, 1.54) is 20.0 Å². The fourth-order valence-corrected chi connectivity index (χ4v) is 4.83. The SMILES string of the molecule is CNC(=O)c1cc(-c2nc(Cl)ccc2C2CN(Cc3ccc(OC)cc3)C(CF)CN2C(C)=O)cc(F)n1. The van der Waals surface area contributed by atoms with Crippen LogP contribution in [-0.4, -0.2) is 71.5 Å². The zero-order valence-corrected chi connectivity index (χ0v) is 22.0. The molecular weight excluding hydrogens is 516 g/mol. The second kappa shape index (κ2) is 11.8.